The van der Waals surface area contributed by atoms with Gasteiger partial charge in [0.05, 0.1) is 11.6 Å². The zero-order valence-corrected chi connectivity index (χ0v) is 6.99. The molecule has 0 saturated heterocycles. The standard InChI is InChI=1S/C8H9BrO/c1-6(10)7-2-4-8(9)5-3-7/h2-6,10H,1H3/t6-/m0/s1/i2D,3D,4D,5D. The molecule has 0 aromatic heterocycles. The maximum absolute atomic E-state index is 9.30. The molecule has 2 heteroatoms. The minimum absolute atomic E-state index is 0.0307. The Morgan fingerprint density at radius 3 is 2.40 bits per heavy atom. The molecule has 0 saturated carbocycles. The molecule has 0 radical (unpaired) electrons. The summed E-state index contributed by atoms with van der Waals surface area (Å²) < 4.78 is 30.1. The van der Waals surface area contributed by atoms with E-state index in [0.717, 1.165) is 0 Å². The van der Waals surface area contributed by atoms with Crippen molar-refractivity contribution in [3.05, 3.63) is 34.2 Å². The molecule has 0 aliphatic carbocycles. The normalized spacial score (nSPS) is 18.7. The Balaban J connectivity index is 3.60. The zero-order chi connectivity index (χ0) is 11.0. The maximum atomic E-state index is 9.30. The fourth-order valence-corrected chi connectivity index (χ4v) is 0.714. The molecule has 0 spiro atoms. The minimum Gasteiger partial charge on any atom is -0.389 e. The van der Waals surface area contributed by atoms with Crippen molar-refractivity contribution in [3.8, 4) is 0 Å². The van der Waals surface area contributed by atoms with Crippen LogP contribution in [0.25, 0.3) is 0 Å². The van der Waals surface area contributed by atoms with Crippen LogP contribution in [0.1, 0.15) is 24.1 Å². The second kappa shape index (κ2) is 3.17. The maximum Gasteiger partial charge on any atom is 0.0761 e. The molecule has 1 aromatic carbocycles. The molecule has 10 heavy (non-hydrogen) atoms. The third kappa shape index (κ3) is 1.82. The molecule has 1 aromatic rings. The molecule has 1 N–H and O–H groups in total. The average molecular weight is 205 g/mol. The SMILES string of the molecule is [2H]c1c([2H])c([C@H](C)O)c([2H])c([2H])c1Br. The molecular weight excluding hydrogens is 192 g/mol. The lowest BCUT2D eigenvalue weighted by atomic mass is 10.1. The summed E-state index contributed by atoms with van der Waals surface area (Å²) in [6.45, 7) is 1.41. The Labute approximate surface area is 74.4 Å². The van der Waals surface area contributed by atoms with Crippen LogP contribution in [0.15, 0.2) is 28.6 Å². The van der Waals surface area contributed by atoms with E-state index in [0.29, 0.717) is 0 Å². The van der Waals surface area contributed by atoms with Crippen molar-refractivity contribution >= 4 is 15.9 Å². The minimum atomic E-state index is -1.00. The lowest BCUT2D eigenvalue weighted by molar-refractivity contribution is 0.199. The smallest absolute Gasteiger partial charge is 0.0761 e. The Hall–Kier alpha value is -0.340. The van der Waals surface area contributed by atoms with Gasteiger partial charge in [-0.25, -0.2) is 0 Å². The lowest BCUT2D eigenvalue weighted by Crippen LogP contribution is -1.88. The van der Waals surface area contributed by atoms with Gasteiger partial charge in [-0.1, -0.05) is 28.0 Å². The van der Waals surface area contributed by atoms with Crippen LogP contribution in [0.3, 0.4) is 0 Å². The highest BCUT2D eigenvalue weighted by Crippen LogP contribution is 2.15. The van der Waals surface area contributed by atoms with Crippen molar-refractivity contribution in [2.24, 2.45) is 0 Å². The largest absolute Gasteiger partial charge is 0.389 e. The molecule has 0 aliphatic heterocycles. The van der Waals surface area contributed by atoms with Crippen LogP contribution in [0.5, 0.6) is 0 Å². The van der Waals surface area contributed by atoms with Crippen LogP contribution in [-0.2, 0) is 0 Å². The van der Waals surface area contributed by atoms with E-state index in [1.807, 2.05) is 0 Å². The summed E-state index contributed by atoms with van der Waals surface area (Å²) in [5.74, 6) is 0. The van der Waals surface area contributed by atoms with Crippen molar-refractivity contribution < 1.29 is 10.6 Å². The van der Waals surface area contributed by atoms with E-state index < -0.39 is 6.10 Å². The van der Waals surface area contributed by atoms with Crippen molar-refractivity contribution in [3.63, 3.8) is 0 Å². The zero-order valence-electron chi connectivity index (χ0n) is 9.40. The van der Waals surface area contributed by atoms with Gasteiger partial charge in [-0.3, -0.25) is 0 Å². The van der Waals surface area contributed by atoms with E-state index in [2.05, 4.69) is 15.9 Å². The quantitative estimate of drug-likeness (QED) is 0.746. The number of aliphatic hydroxyl groups excluding tert-OH is 1. The van der Waals surface area contributed by atoms with Crippen molar-refractivity contribution in [1.29, 1.82) is 0 Å². The number of hydrogen-bond acceptors (Lipinski definition) is 1. The molecule has 0 bridgehead atoms. The highest BCUT2D eigenvalue weighted by Gasteiger charge is 1.97. The van der Waals surface area contributed by atoms with E-state index in [1.54, 1.807) is 0 Å². The fraction of sp³-hybridized carbons (Fsp3) is 0.250. The number of rotatable bonds is 1. The summed E-state index contributed by atoms with van der Waals surface area (Å²) >= 11 is 2.97. The monoisotopic (exact) mass is 204 g/mol. The van der Waals surface area contributed by atoms with E-state index in [9.17, 15) is 5.11 Å². The number of halogens is 1. The van der Waals surface area contributed by atoms with Crippen molar-refractivity contribution in [1.82, 2.24) is 0 Å². The van der Waals surface area contributed by atoms with Crippen LogP contribution < -0.4 is 0 Å². The molecule has 1 atom stereocenters. The predicted molar refractivity (Wildman–Crippen MR) is 44.8 cm³/mol. The second-order valence-electron chi connectivity index (χ2n) is 1.90. The molecule has 0 fully saturated rings. The van der Waals surface area contributed by atoms with Gasteiger partial charge in [-0.05, 0) is 24.6 Å². The van der Waals surface area contributed by atoms with Crippen LogP contribution in [-0.4, -0.2) is 5.11 Å². The highest BCUT2D eigenvalue weighted by molar-refractivity contribution is 9.10. The molecule has 0 unspecified atom stereocenters. The van der Waals surface area contributed by atoms with Gasteiger partial charge in [0.15, 0.2) is 0 Å². The number of benzene rings is 1. The Morgan fingerprint density at radius 2 is 2.00 bits per heavy atom. The van der Waals surface area contributed by atoms with Gasteiger partial charge in [0, 0.05) is 4.47 Å². The highest BCUT2D eigenvalue weighted by atomic mass is 79.9. The summed E-state index contributed by atoms with van der Waals surface area (Å²) in [5, 5.41) is 9.30. The van der Waals surface area contributed by atoms with Crippen molar-refractivity contribution in [2.45, 2.75) is 13.0 Å². The number of hydrogen-bond donors (Lipinski definition) is 1. The van der Waals surface area contributed by atoms with Gasteiger partial charge in [-0.15, -0.1) is 0 Å². The van der Waals surface area contributed by atoms with Gasteiger partial charge in [0.2, 0.25) is 0 Å². The van der Waals surface area contributed by atoms with Crippen LogP contribution in [0.4, 0.5) is 0 Å². The first-order chi connectivity index (χ1) is 6.37. The molecule has 1 rings (SSSR count). The van der Waals surface area contributed by atoms with Gasteiger partial charge in [0.25, 0.3) is 0 Å². The third-order valence-corrected chi connectivity index (χ3v) is 1.43. The first-order valence-electron chi connectivity index (χ1n) is 4.81. The van der Waals surface area contributed by atoms with Crippen LogP contribution >= 0.6 is 15.9 Å². The summed E-state index contributed by atoms with van der Waals surface area (Å²) in [6, 6.07) is -0.732. The third-order valence-electron chi connectivity index (χ3n) is 1.03. The van der Waals surface area contributed by atoms with Gasteiger partial charge < -0.3 is 5.11 Å². The Kier molecular flexibility index (Phi) is 1.23. The molecule has 54 valence electrons. The predicted octanol–water partition coefficient (Wildman–Crippen LogP) is 2.50. The van der Waals surface area contributed by atoms with Crippen LogP contribution in [0.2, 0.25) is 0 Å². The van der Waals surface area contributed by atoms with Gasteiger partial charge >= 0.3 is 0 Å². The summed E-state index contributed by atoms with van der Waals surface area (Å²) in [7, 11) is 0. The molecule has 1 nitrogen and oxygen atoms in total. The van der Waals surface area contributed by atoms with E-state index in [1.165, 1.54) is 6.92 Å². The summed E-state index contributed by atoms with van der Waals surface area (Å²) in [6.07, 6.45) is -1.00. The van der Waals surface area contributed by atoms with E-state index in [-0.39, 0.29) is 34.2 Å². The molecule has 0 aliphatic rings. The van der Waals surface area contributed by atoms with Gasteiger partial charge in [0.1, 0.15) is 0 Å². The average Bonchev–Trinajstić information content (AvgIpc) is 2.11. The lowest BCUT2D eigenvalue weighted by Gasteiger charge is -2.02. The molecule has 0 amide bonds. The van der Waals surface area contributed by atoms with Crippen molar-refractivity contribution in [2.75, 3.05) is 0 Å². The summed E-state index contributed by atoms with van der Waals surface area (Å²) in [4.78, 5) is 0. The first kappa shape index (κ1) is 3.88. The fourth-order valence-electron chi connectivity index (χ4n) is 0.516. The molecular formula is C8H9BrO. The molecule has 0 heterocycles. The van der Waals surface area contributed by atoms with E-state index in [4.69, 9.17) is 5.48 Å². The van der Waals surface area contributed by atoms with E-state index >= 15 is 0 Å². The topological polar surface area (TPSA) is 20.2 Å². The Bertz CT molecular complexity index is 349. The van der Waals surface area contributed by atoms with Crippen LogP contribution in [0, 0.1) is 0 Å². The first-order valence-corrected chi connectivity index (χ1v) is 3.61. The Morgan fingerprint density at radius 1 is 1.50 bits per heavy atom. The summed E-state index contributed by atoms with van der Waals surface area (Å²) in [5.41, 5.74) is 0.0307. The second-order valence-corrected chi connectivity index (χ2v) is 2.70. The number of aliphatic hydroxyl groups is 1. The van der Waals surface area contributed by atoms with Gasteiger partial charge in [-0.2, -0.15) is 0 Å².